The minimum absolute atomic E-state index is 0.849. The molecule has 0 spiro atoms. The molecule has 3 rings (SSSR count). The monoisotopic (exact) mass is 191 g/mol. The lowest BCUT2D eigenvalue weighted by Crippen LogP contribution is -2.36. The van der Waals surface area contributed by atoms with Crippen LogP contribution in [0.5, 0.6) is 0 Å². The van der Waals surface area contributed by atoms with Gasteiger partial charge in [-0.05, 0) is 45.6 Å². The predicted molar refractivity (Wildman–Crippen MR) is 59.3 cm³/mol. The highest BCUT2D eigenvalue weighted by Gasteiger charge is 2.39. The van der Waals surface area contributed by atoms with Gasteiger partial charge in [0, 0.05) is 12.1 Å². The molecule has 2 fully saturated rings. The zero-order chi connectivity index (χ0) is 9.54. The minimum atomic E-state index is 0.849. The lowest BCUT2D eigenvalue weighted by Gasteiger charge is -2.31. The van der Waals surface area contributed by atoms with E-state index in [9.17, 15) is 0 Å². The van der Waals surface area contributed by atoms with Gasteiger partial charge in [0.1, 0.15) is 0 Å². The third kappa shape index (κ3) is 1.18. The lowest BCUT2D eigenvalue weighted by molar-refractivity contribution is 0.206. The van der Waals surface area contributed by atoms with Crippen molar-refractivity contribution in [3.05, 3.63) is 11.1 Å². The predicted octanol–water partition coefficient (Wildman–Crippen LogP) is 3.11. The van der Waals surface area contributed by atoms with Crippen molar-refractivity contribution in [2.45, 2.75) is 63.5 Å². The number of likely N-dealkylation sites (N-methyl/N-ethyl adjacent to an activating group) is 1. The first-order valence-corrected chi connectivity index (χ1v) is 6.31. The Labute approximate surface area is 87.2 Å². The number of fused-ring (bicyclic) bond motifs is 2. The maximum absolute atomic E-state index is 2.68. The molecular weight excluding hydrogens is 170 g/mol. The normalized spacial score (nSPS) is 38.4. The van der Waals surface area contributed by atoms with E-state index in [0.717, 1.165) is 12.1 Å². The van der Waals surface area contributed by atoms with E-state index in [0.29, 0.717) is 0 Å². The van der Waals surface area contributed by atoms with Crippen molar-refractivity contribution >= 4 is 0 Å². The molecule has 2 aliphatic carbocycles. The molecule has 1 aliphatic heterocycles. The summed E-state index contributed by atoms with van der Waals surface area (Å²) in [6, 6.07) is 1.70. The molecule has 2 atom stereocenters. The Bertz CT molecular complexity index is 240. The number of nitrogens with zero attached hydrogens (tertiary/aromatic N) is 1. The second kappa shape index (κ2) is 3.37. The molecule has 0 aromatic carbocycles. The molecule has 1 nitrogen and oxygen atoms in total. The van der Waals surface area contributed by atoms with E-state index in [1.807, 2.05) is 11.1 Å². The van der Waals surface area contributed by atoms with Crippen LogP contribution in [0.3, 0.4) is 0 Å². The van der Waals surface area contributed by atoms with Crippen molar-refractivity contribution in [2.75, 3.05) is 7.05 Å². The van der Waals surface area contributed by atoms with E-state index in [1.165, 1.54) is 51.4 Å². The summed E-state index contributed by atoms with van der Waals surface area (Å²) in [6.45, 7) is 0. The Balaban J connectivity index is 1.94. The molecule has 0 aromatic rings. The van der Waals surface area contributed by atoms with Gasteiger partial charge in [-0.3, -0.25) is 4.90 Å². The van der Waals surface area contributed by atoms with Crippen molar-refractivity contribution in [2.24, 2.45) is 0 Å². The summed E-state index contributed by atoms with van der Waals surface area (Å²) in [4.78, 5) is 2.68. The summed E-state index contributed by atoms with van der Waals surface area (Å²) in [7, 11) is 2.36. The van der Waals surface area contributed by atoms with Crippen molar-refractivity contribution in [3.8, 4) is 0 Å². The van der Waals surface area contributed by atoms with Gasteiger partial charge in [-0.2, -0.15) is 0 Å². The van der Waals surface area contributed by atoms with E-state index in [2.05, 4.69) is 11.9 Å². The second-order valence-electron chi connectivity index (χ2n) is 5.24. The molecule has 0 amide bonds. The average molecular weight is 191 g/mol. The van der Waals surface area contributed by atoms with E-state index in [4.69, 9.17) is 0 Å². The molecule has 1 heteroatoms. The van der Waals surface area contributed by atoms with Gasteiger partial charge in [-0.15, -0.1) is 0 Å². The molecule has 3 aliphatic rings. The Hall–Kier alpha value is -0.300. The van der Waals surface area contributed by atoms with Crippen molar-refractivity contribution in [1.82, 2.24) is 4.90 Å². The molecule has 1 heterocycles. The molecule has 14 heavy (non-hydrogen) atoms. The molecule has 2 saturated carbocycles. The summed E-state index contributed by atoms with van der Waals surface area (Å²) in [5.41, 5.74) is 3.73. The third-order valence-electron chi connectivity index (χ3n) is 4.55. The summed E-state index contributed by atoms with van der Waals surface area (Å²) < 4.78 is 0. The van der Waals surface area contributed by atoms with Gasteiger partial charge in [0.25, 0.3) is 0 Å². The van der Waals surface area contributed by atoms with Crippen LogP contribution in [0.15, 0.2) is 11.1 Å². The van der Waals surface area contributed by atoms with Crippen LogP contribution in [0, 0.1) is 0 Å². The Morgan fingerprint density at radius 2 is 1.36 bits per heavy atom. The lowest BCUT2D eigenvalue weighted by atomic mass is 9.84. The quantitative estimate of drug-likeness (QED) is 0.532. The third-order valence-corrected chi connectivity index (χ3v) is 4.55. The van der Waals surface area contributed by atoms with E-state index >= 15 is 0 Å². The molecule has 0 bridgehead atoms. The SMILES string of the molecule is CN1C2CCCCC2=C2CCCCC21. The minimum Gasteiger partial charge on any atom is -0.293 e. The van der Waals surface area contributed by atoms with Gasteiger partial charge in [-0.25, -0.2) is 0 Å². The molecule has 0 aromatic heterocycles. The summed E-state index contributed by atoms with van der Waals surface area (Å²) in [5.74, 6) is 0. The van der Waals surface area contributed by atoms with Crippen LogP contribution >= 0.6 is 0 Å². The van der Waals surface area contributed by atoms with E-state index < -0.39 is 0 Å². The van der Waals surface area contributed by atoms with Crippen molar-refractivity contribution in [1.29, 1.82) is 0 Å². The van der Waals surface area contributed by atoms with E-state index in [1.54, 1.807) is 0 Å². The van der Waals surface area contributed by atoms with Crippen molar-refractivity contribution in [3.63, 3.8) is 0 Å². The fourth-order valence-corrected chi connectivity index (χ4v) is 3.85. The number of hydrogen-bond donors (Lipinski definition) is 0. The highest BCUT2D eigenvalue weighted by atomic mass is 15.2. The molecule has 0 radical (unpaired) electrons. The summed E-state index contributed by atoms with van der Waals surface area (Å²) >= 11 is 0. The maximum atomic E-state index is 2.68. The maximum Gasteiger partial charge on any atom is 0.0313 e. The molecular formula is C13H21N. The average Bonchev–Trinajstić information content (AvgIpc) is 2.55. The van der Waals surface area contributed by atoms with E-state index in [-0.39, 0.29) is 0 Å². The highest BCUT2D eigenvalue weighted by molar-refractivity contribution is 5.33. The Morgan fingerprint density at radius 3 is 1.86 bits per heavy atom. The van der Waals surface area contributed by atoms with Gasteiger partial charge < -0.3 is 0 Å². The standard InChI is InChI=1S/C13H21N/c1-14-12-8-4-2-6-10(12)11-7-3-5-9-13(11)14/h12-13H,2-9H2,1H3. The van der Waals surface area contributed by atoms with Crippen LogP contribution in [0.2, 0.25) is 0 Å². The van der Waals surface area contributed by atoms with Gasteiger partial charge in [0.15, 0.2) is 0 Å². The first-order valence-electron chi connectivity index (χ1n) is 6.31. The molecule has 0 saturated heterocycles. The van der Waals surface area contributed by atoms with Gasteiger partial charge in [-0.1, -0.05) is 24.0 Å². The molecule has 0 N–H and O–H groups in total. The van der Waals surface area contributed by atoms with Gasteiger partial charge in [0.05, 0.1) is 0 Å². The Kier molecular flexibility index (Phi) is 2.16. The van der Waals surface area contributed by atoms with Crippen LogP contribution < -0.4 is 0 Å². The number of hydrogen-bond acceptors (Lipinski definition) is 1. The zero-order valence-corrected chi connectivity index (χ0v) is 9.26. The first-order chi connectivity index (χ1) is 6.88. The van der Waals surface area contributed by atoms with Gasteiger partial charge >= 0.3 is 0 Å². The zero-order valence-electron chi connectivity index (χ0n) is 9.26. The van der Waals surface area contributed by atoms with Crippen LogP contribution in [-0.2, 0) is 0 Å². The largest absolute Gasteiger partial charge is 0.293 e. The molecule has 78 valence electrons. The summed E-state index contributed by atoms with van der Waals surface area (Å²) in [5, 5.41) is 0. The molecule has 2 unspecified atom stereocenters. The highest BCUT2D eigenvalue weighted by Crippen LogP contribution is 2.43. The fourth-order valence-electron chi connectivity index (χ4n) is 3.85. The Morgan fingerprint density at radius 1 is 0.857 bits per heavy atom. The van der Waals surface area contributed by atoms with Crippen LogP contribution in [0.1, 0.15) is 51.4 Å². The number of rotatable bonds is 0. The summed E-state index contributed by atoms with van der Waals surface area (Å²) in [6.07, 6.45) is 11.5. The first kappa shape index (κ1) is 8.96. The van der Waals surface area contributed by atoms with Crippen LogP contribution in [0.4, 0.5) is 0 Å². The van der Waals surface area contributed by atoms with Crippen LogP contribution in [0.25, 0.3) is 0 Å². The van der Waals surface area contributed by atoms with Crippen LogP contribution in [-0.4, -0.2) is 24.0 Å². The van der Waals surface area contributed by atoms with Crippen molar-refractivity contribution < 1.29 is 0 Å². The fraction of sp³-hybridized carbons (Fsp3) is 0.846. The van der Waals surface area contributed by atoms with Gasteiger partial charge in [0.2, 0.25) is 0 Å². The second-order valence-corrected chi connectivity index (χ2v) is 5.24. The topological polar surface area (TPSA) is 3.24 Å². The smallest absolute Gasteiger partial charge is 0.0313 e.